The number of hydrogen-bond acceptors (Lipinski definition) is 2. The van der Waals surface area contributed by atoms with Gasteiger partial charge >= 0.3 is 0 Å². The Bertz CT molecular complexity index is 475. The molecule has 2 aromatic rings. The second-order valence-electron chi connectivity index (χ2n) is 3.87. The highest BCUT2D eigenvalue weighted by molar-refractivity contribution is 7.08. The van der Waals surface area contributed by atoms with Crippen LogP contribution in [0.1, 0.15) is 29.0 Å². The summed E-state index contributed by atoms with van der Waals surface area (Å²) >= 11 is 8.16. The maximum absolute atomic E-state index is 6.47. The molecule has 1 nitrogen and oxygen atoms in total. The zero-order chi connectivity index (χ0) is 12.3. The van der Waals surface area contributed by atoms with Crippen LogP contribution in [0.3, 0.4) is 0 Å². The van der Waals surface area contributed by atoms with Gasteiger partial charge in [0.25, 0.3) is 0 Å². The largest absolute Gasteiger partial charge is 0.494 e. The summed E-state index contributed by atoms with van der Waals surface area (Å²) in [6.07, 6.45) is 0. The van der Waals surface area contributed by atoms with Crippen molar-refractivity contribution in [3.63, 3.8) is 0 Å². The van der Waals surface area contributed by atoms with Crippen LogP contribution in [0.15, 0.2) is 35.0 Å². The van der Waals surface area contributed by atoms with Gasteiger partial charge in [0.2, 0.25) is 0 Å². The molecule has 0 bridgehead atoms. The van der Waals surface area contributed by atoms with Crippen molar-refractivity contribution in [3.05, 3.63) is 51.7 Å². The van der Waals surface area contributed by atoms with Crippen LogP contribution in [0.2, 0.25) is 0 Å². The zero-order valence-electron chi connectivity index (χ0n) is 9.94. The Morgan fingerprint density at radius 3 is 2.47 bits per heavy atom. The highest BCUT2D eigenvalue weighted by atomic mass is 35.5. The van der Waals surface area contributed by atoms with Crippen LogP contribution in [-0.2, 0) is 0 Å². The Morgan fingerprint density at radius 1 is 1.24 bits per heavy atom. The molecule has 0 aliphatic rings. The molecule has 90 valence electrons. The van der Waals surface area contributed by atoms with Gasteiger partial charge in [-0.1, -0.05) is 12.1 Å². The van der Waals surface area contributed by atoms with Gasteiger partial charge in [-0.3, -0.25) is 0 Å². The molecule has 0 aliphatic heterocycles. The van der Waals surface area contributed by atoms with Crippen molar-refractivity contribution in [2.75, 3.05) is 6.61 Å². The summed E-state index contributed by atoms with van der Waals surface area (Å²) in [4.78, 5) is 0. The Labute approximate surface area is 111 Å². The molecule has 1 unspecified atom stereocenters. The van der Waals surface area contributed by atoms with E-state index < -0.39 is 0 Å². The molecule has 17 heavy (non-hydrogen) atoms. The summed E-state index contributed by atoms with van der Waals surface area (Å²) < 4.78 is 5.41. The van der Waals surface area contributed by atoms with Gasteiger partial charge in [-0.05, 0) is 53.4 Å². The van der Waals surface area contributed by atoms with E-state index in [1.807, 2.05) is 31.2 Å². The van der Waals surface area contributed by atoms with Crippen molar-refractivity contribution in [1.29, 1.82) is 0 Å². The van der Waals surface area contributed by atoms with E-state index in [1.54, 1.807) is 11.3 Å². The highest BCUT2D eigenvalue weighted by Gasteiger charge is 2.13. The standard InChI is InChI=1S/C14H15ClOS/c1-3-16-12-6-4-11(5-7-12)14(15)13-9-17-8-10(13)2/h4-9,14H,3H2,1-2H3. The summed E-state index contributed by atoms with van der Waals surface area (Å²) in [6.45, 7) is 4.76. The minimum atomic E-state index is -0.0723. The van der Waals surface area contributed by atoms with Gasteiger partial charge in [0, 0.05) is 0 Å². The summed E-state index contributed by atoms with van der Waals surface area (Å²) in [5, 5.41) is 4.17. The minimum absolute atomic E-state index is 0.0723. The molecule has 0 fully saturated rings. The average molecular weight is 267 g/mol. The van der Waals surface area contributed by atoms with E-state index in [9.17, 15) is 0 Å². The van der Waals surface area contributed by atoms with E-state index in [4.69, 9.17) is 16.3 Å². The quantitative estimate of drug-likeness (QED) is 0.724. The Kier molecular flexibility index (Phi) is 4.08. The van der Waals surface area contributed by atoms with Gasteiger partial charge in [-0.25, -0.2) is 0 Å². The van der Waals surface area contributed by atoms with Crippen molar-refractivity contribution in [2.45, 2.75) is 19.2 Å². The second-order valence-corrected chi connectivity index (χ2v) is 5.05. The molecule has 0 saturated heterocycles. The van der Waals surface area contributed by atoms with Crippen LogP contribution in [0.4, 0.5) is 0 Å². The first-order valence-corrected chi connectivity index (χ1v) is 6.99. The molecule has 0 radical (unpaired) electrons. The number of rotatable bonds is 4. The minimum Gasteiger partial charge on any atom is -0.494 e. The van der Waals surface area contributed by atoms with E-state index >= 15 is 0 Å². The SMILES string of the molecule is CCOc1ccc(C(Cl)c2cscc2C)cc1. The lowest BCUT2D eigenvalue weighted by Crippen LogP contribution is -1.95. The van der Waals surface area contributed by atoms with Gasteiger partial charge in [0.05, 0.1) is 12.0 Å². The molecule has 3 heteroatoms. The number of hydrogen-bond donors (Lipinski definition) is 0. The molecular formula is C14H15ClOS. The smallest absolute Gasteiger partial charge is 0.119 e. The molecule has 2 rings (SSSR count). The fourth-order valence-corrected chi connectivity index (χ4v) is 3.04. The number of benzene rings is 1. The first-order valence-electron chi connectivity index (χ1n) is 5.62. The monoisotopic (exact) mass is 266 g/mol. The van der Waals surface area contributed by atoms with Gasteiger partial charge in [0.15, 0.2) is 0 Å². The normalized spacial score (nSPS) is 12.4. The van der Waals surface area contributed by atoms with Crippen molar-refractivity contribution >= 4 is 22.9 Å². The van der Waals surface area contributed by atoms with Crippen molar-refractivity contribution in [1.82, 2.24) is 0 Å². The molecule has 0 aliphatic carbocycles. The van der Waals surface area contributed by atoms with E-state index in [-0.39, 0.29) is 5.38 Å². The van der Waals surface area contributed by atoms with Gasteiger partial charge in [0.1, 0.15) is 5.75 Å². The summed E-state index contributed by atoms with van der Waals surface area (Å²) in [5.74, 6) is 0.891. The third-order valence-corrected chi connectivity index (χ3v) is 4.02. The van der Waals surface area contributed by atoms with Gasteiger partial charge in [-0.2, -0.15) is 11.3 Å². The Morgan fingerprint density at radius 2 is 1.94 bits per heavy atom. The van der Waals surface area contributed by atoms with Crippen molar-refractivity contribution in [3.8, 4) is 5.75 Å². The Balaban J connectivity index is 2.20. The molecule has 0 amide bonds. The number of ether oxygens (including phenoxy) is 1. The van der Waals surface area contributed by atoms with Crippen LogP contribution < -0.4 is 4.74 Å². The molecular weight excluding hydrogens is 252 g/mol. The lowest BCUT2D eigenvalue weighted by atomic mass is 10.0. The molecule has 1 atom stereocenters. The van der Waals surface area contributed by atoms with E-state index in [1.165, 1.54) is 11.1 Å². The van der Waals surface area contributed by atoms with Crippen LogP contribution in [0.5, 0.6) is 5.75 Å². The van der Waals surface area contributed by atoms with Gasteiger partial charge < -0.3 is 4.74 Å². The zero-order valence-corrected chi connectivity index (χ0v) is 11.5. The number of thiophene rings is 1. The summed E-state index contributed by atoms with van der Waals surface area (Å²) in [7, 11) is 0. The van der Waals surface area contributed by atoms with Crippen LogP contribution >= 0.6 is 22.9 Å². The summed E-state index contributed by atoms with van der Waals surface area (Å²) in [6, 6.07) is 7.99. The van der Waals surface area contributed by atoms with Crippen molar-refractivity contribution < 1.29 is 4.74 Å². The predicted octanol–water partition coefficient (Wildman–Crippen LogP) is 4.78. The Hall–Kier alpha value is -0.990. The molecule has 0 spiro atoms. The third-order valence-electron chi connectivity index (χ3n) is 2.65. The maximum Gasteiger partial charge on any atom is 0.119 e. The van der Waals surface area contributed by atoms with Crippen molar-refractivity contribution in [2.24, 2.45) is 0 Å². The third kappa shape index (κ3) is 2.82. The summed E-state index contributed by atoms with van der Waals surface area (Å²) in [5.41, 5.74) is 3.56. The molecule has 1 heterocycles. The van der Waals surface area contributed by atoms with Crippen LogP contribution in [0.25, 0.3) is 0 Å². The number of aryl methyl sites for hydroxylation is 1. The fraction of sp³-hybridized carbons (Fsp3) is 0.286. The lowest BCUT2D eigenvalue weighted by Gasteiger charge is -2.11. The maximum atomic E-state index is 6.47. The van der Waals surface area contributed by atoms with E-state index in [0.717, 1.165) is 11.3 Å². The number of halogens is 1. The predicted molar refractivity (Wildman–Crippen MR) is 74.4 cm³/mol. The lowest BCUT2D eigenvalue weighted by molar-refractivity contribution is 0.340. The first kappa shape index (κ1) is 12.5. The first-order chi connectivity index (χ1) is 8.22. The van der Waals surface area contributed by atoms with Crippen LogP contribution in [0, 0.1) is 6.92 Å². The molecule has 0 N–H and O–H groups in total. The van der Waals surface area contributed by atoms with Crippen LogP contribution in [-0.4, -0.2) is 6.61 Å². The van der Waals surface area contributed by atoms with Gasteiger partial charge in [-0.15, -0.1) is 11.6 Å². The van der Waals surface area contributed by atoms with E-state index in [2.05, 4.69) is 17.7 Å². The molecule has 1 aromatic carbocycles. The second kappa shape index (κ2) is 5.56. The molecule has 1 aromatic heterocycles. The average Bonchev–Trinajstić information content (AvgIpc) is 2.76. The number of alkyl halides is 1. The fourth-order valence-electron chi connectivity index (χ4n) is 1.71. The molecule has 0 saturated carbocycles. The highest BCUT2D eigenvalue weighted by Crippen LogP contribution is 2.33. The van der Waals surface area contributed by atoms with E-state index in [0.29, 0.717) is 6.61 Å². The topological polar surface area (TPSA) is 9.23 Å².